The second-order valence-corrected chi connectivity index (χ2v) is 6.33. The van der Waals surface area contributed by atoms with Gasteiger partial charge in [-0.15, -0.1) is 0 Å². The molecule has 0 aliphatic rings. The van der Waals surface area contributed by atoms with Gasteiger partial charge >= 0.3 is 0 Å². The van der Waals surface area contributed by atoms with Gasteiger partial charge in [-0.25, -0.2) is 9.98 Å². The SMILES string of the molecule is CC.CCN(C)C=Nc1cc(Br)c(OCc2cccc(C)c2)nc1C. The summed E-state index contributed by atoms with van der Waals surface area (Å²) in [5.74, 6) is 0.590. The van der Waals surface area contributed by atoms with Crippen LogP contribution in [0.2, 0.25) is 0 Å². The summed E-state index contributed by atoms with van der Waals surface area (Å²) in [4.78, 5) is 11.0. The number of halogens is 1. The molecular weight excluding hydrogens is 378 g/mol. The van der Waals surface area contributed by atoms with Crippen molar-refractivity contribution in [3.05, 3.63) is 51.6 Å². The van der Waals surface area contributed by atoms with E-state index in [-0.39, 0.29) is 0 Å². The van der Waals surface area contributed by atoms with E-state index < -0.39 is 0 Å². The van der Waals surface area contributed by atoms with E-state index in [1.807, 2.05) is 57.3 Å². The molecule has 0 fully saturated rings. The Kier molecular flexibility index (Phi) is 9.21. The first-order chi connectivity index (χ1) is 12.0. The van der Waals surface area contributed by atoms with Crippen LogP contribution >= 0.6 is 15.9 Å². The topological polar surface area (TPSA) is 37.7 Å². The first-order valence-corrected chi connectivity index (χ1v) is 9.38. The van der Waals surface area contributed by atoms with Crippen LogP contribution in [0, 0.1) is 13.8 Å². The van der Waals surface area contributed by atoms with E-state index in [0.717, 1.165) is 28.0 Å². The Morgan fingerprint density at radius 2 is 1.96 bits per heavy atom. The van der Waals surface area contributed by atoms with E-state index in [1.54, 1.807) is 0 Å². The Balaban J connectivity index is 0.00000151. The molecule has 2 rings (SSSR count). The quantitative estimate of drug-likeness (QED) is 0.458. The average Bonchev–Trinajstić information content (AvgIpc) is 2.62. The number of rotatable bonds is 6. The number of benzene rings is 1. The molecule has 136 valence electrons. The first-order valence-electron chi connectivity index (χ1n) is 8.59. The van der Waals surface area contributed by atoms with E-state index in [1.165, 1.54) is 5.56 Å². The summed E-state index contributed by atoms with van der Waals surface area (Å²) in [5.41, 5.74) is 4.02. The number of ether oxygens (including phenoxy) is 1. The smallest absolute Gasteiger partial charge is 0.228 e. The second-order valence-electron chi connectivity index (χ2n) is 5.48. The zero-order valence-electron chi connectivity index (χ0n) is 16.0. The minimum absolute atomic E-state index is 0.494. The monoisotopic (exact) mass is 405 g/mol. The van der Waals surface area contributed by atoms with Crippen LogP contribution in [0.4, 0.5) is 5.69 Å². The molecule has 0 bridgehead atoms. The molecule has 4 nitrogen and oxygen atoms in total. The van der Waals surface area contributed by atoms with Crippen molar-refractivity contribution >= 4 is 28.0 Å². The van der Waals surface area contributed by atoms with E-state index in [9.17, 15) is 0 Å². The Hall–Kier alpha value is -1.88. The van der Waals surface area contributed by atoms with Crippen molar-refractivity contribution < 1.29 is 4.74 Å². The molecule has 0 unspecified atom stereocenters. The van der Waals surface area contributed by atoms with Crippen LogP contribution < -0.4 is 4.74 Å². The Labute approximate surface area is 160 Å². The molecule has 0 N–H and O–H groups in total. The molecule has 0 aliphatic heterocycles. The zero-order valence-corrected chi connectivity index (χ0v) is 17.6. The van der Waals surface area contributed by atoms with Crippen LogP contribution in [0.5, 0.6) is 5.88 Å². The highest BCUT2D eigenvalue weighted by atomic mass is 79.9. The van der Waals surface area contributed by atoms with Crippen molar-refractivity contribution in [2.75, 3.05) is 13.6 Å². The maximum Gasteiger partial charge on any atom is 0.228 e. The molecule has 0 amide bonds. The zero-order chi connectivity index (χ0) is 18.8. The summed E-state index contributed by atoms with van der Waals surface area (Å²) in [6, 6.07) is 10.2. The van der Waals surface area contributed by atoms with Gasteiger partial charge in [-0.2, -0.15) is 0 Å². The third-order valence-electron chi connectivity index (χ3n) is 3.46. The molecule has 0 saturated heterocycles. The van der Waals surface area contributed by atoms with E-state index in [0.29, 0.717) is 12.5 Å². The van der Waals surface area contributed by atoms with Gasteiger partial charge < -0.3 is 9.64 Å². The lowest BCUT2D eigenvalue weighted by molar-refractivity contribution is 0.291. The van der Waals surface area contributed by atoms with Gasteiger partial charge in [0.25, 0.3) is 0 Å². The lowest BCUT2D eigenvalue weighted by Crippen LogP contribution is -2.14. The fourth-order valence-electron chi connectivity index (χ4n) is 1.98. The summed E-state index contributed by atoms with van der Waals surface area (Å²) in [6.45, 7) is 11.5. The van der Waals surface area contributed by atoms with Gasteiger partial charge in [0.15, 0.2) is 0 Å². The molecule has 25 heavy (non-hydrogen) atoms. The van der Waals surface area contributed by atoms with Crippen molar-refractivity contribution in [3.63, 3.8) is 0 Å². The highest BCUT2D eigenvalue weighted by Gasteiger charge is 2.08. The first kappa shape index (κ1) is 21.2. The fraction of sp³-hybridized carbons (Fsp3) is 0.400. The lowest BCUT2D eigenvalue weighted by Gasteiger charge is -2.11. The van der Waals surface area contributed by atoms with Crippen molar-refractivity contribution in [1.82, 2.24) is 9.88 Å². The second kappa shape index (κ2) is 10.9. The van der Waals surface area contributed by atoms with Crippen molar-refractivity contribution in [3.8, 4) is 5.88 Å². The summed E-state index contributed by atoms with van der Waals surface area (Å²) in [7, 11) is 1.99. The molecule has 0 aliphatic carbocycles. The minimum atomic E-state index is 0.494. The number of pyridine rings is 1. The fourth-order valence-corrected chi connectivity index (χ4v) is 2.40. The predicted octanol–water partition coefficient (Wildman–Crippen LogP) is 5.68. The Bertz CT molecular complexity index is 701. The molecule has 1 aromatic carbocycles. The maximum atomic E-state index is 5.84. The molecule has 0 atom stereocenters. The summed E-state index contributed by atoms with van der Waals surface area (Å²) >= 11 is 3.52. The summed E-state index contributed by atoms with van der Waals surface area (Å²) in [6.07, 6.45) is 1.81. The third-order valence-corrected chi connectivity index (χ3v) is 4.03. The van der Waals surface area contributed by atoms with Gasteiger partial charge in [0.05, 0.1) is 22.2 Å². The number of nitrogens with zero attached hydrogens (tertiary/aromatic N) is 3. The molecule has 2 aromatic rings. The molecule has 5 heteroatoms. The van der Waals surface area contributed by atoms with E-state index in [2.05, 4.69) is 51.9 Å². The third kappa shape index (κ3) is 6.86. The number of hydrogen-bond donors (Lipinski definition) is 0. The van der Waals surface area contributed by atoms with Crippen LogP contribution in [-0.4, -0.2) is 29.8 Å². The van der Waals surface area contributed by atoms with Crippen LogP contribution in [0.15, 0.2) is 39.8 Å². The molecule has 0 radical (unpaired) electrons. The van der Waals surface area contributed by atoms with Gasteiger partial charge in [0, 0.05) is 13.6 Å². The molecule has 0 spiro atoms. The Morgan fingerprint density at radius 3 is 2.60 bits per heavy atom. The van der Waals surface area contributed by atoms with E-state index >= 15 is 0 Å². The van der Waals surface area contributed by atoms with Gasteiger partial charge in [0.1, 0.15) is 6.61 Å². The molecule has 1 heterocycles. The average molecular weight is 406 g/mol. The molecule has 0 saturated carbocycles. The van der Waals surface area contributed by atoms with Crippen molar-refractivity contribution in [2.45, 2.75) is 41.2 Å². The molecular formula is C20H28BrN3O. The number of aromatic nitrogens is 1. The van der Waals surface area contributed by atoms with Crippen LogP contribution in [0.1, 0.15) is 37.6 Å². The van der Waals surface area contributed by atoms with Gasteiger partial charge in [0.2, 0.25) is 5.88 Å². The predicted molar refractivity (Wildman–Crippen MR) is 110 cm³/mol. The highest BCUT2D eigenvalue weighted by Crippen LogP contribution is 2.30. The maximum absolute atomic E-state index is 5.84. The van der Waals surface area contributed by atoms with Crippen molar-refractivity contribution in [2.24, 2.45) is 4.99 Å². The summed E-state index contributed by atoms with van der Waals surface area (Å²) < 4.78 is 6.65. The van der Waals surface area contributed by atoms with Crippen LogP contribution in [-0.2, 0) is 6.61 Å². The largest absolute Gasteiger partial charge is 0.472 e. The highest BCUT2D eigenvalue weighted by molar-refractivity contribution is 9.10. The van der Waals surface area contributed by atoms with E-state index in [4.69, 9.17) is 4.74 Å². The minimum Gasteiger partial charge on any atom is -0.472 e. The Morgan fingerprint density at radius 1 is 1.24 bits per heavy atom. The van der Waals surface area contributed by atoms with Crippen LogP contribution in [0.3, 0.4) is 0 Å². The van der Waals surface area contributed by atoms with Crippen LogP contribution in [0.25, 0.3) is 0 Å². The van der Waals surface area contributed by atoms with Gasteiger partial charge in [-0.1, -0.05) is 43.7 Å². The number of hydrogen-bond acceptors (Lipinski definition) is 3. The van der Waals surface area contributed by atoms with Gasteiger partial charge in [-0.3, -0.25) is 0 Å². The lowest BCUT2D eigenvalue weighted by atomic mass is 10.1. The van der Waals surface area contributed by atoms with Gasteiger partial charge in [-0.05, 0) is 48.3 Å². The molecule has 1 aromatic heterocycles. The number of aliphatic imine (C=N–C) groups is 1. The summed E-state index contributed by atoms with van der Waals surface area (Å²) in [5, 5.41) is 0. The number of aryl methyl sites for hydroxylation is 2. The standard InChI is InChI=1S/C18H22BrN3O.C2H6/c1-5-22(4)12-20-17-10-16(19)18(21-14(17)3)23-11-15-8-6-7-13(2)9-15;1-2/h6-10,12H,5,11H2,1-4H3;1-2H3. The van der Waals surface area contributed by atoms with Crippen molar-refractivity contribution in [1.29, 1.82) is 0 Å². The normalized spacial score (nSPS) is 10.4.